The Hall–Kier alpha value is -1.35. The van der Waals surface area contributed by atoms with Gasteiger partial charge in [-0.15, -0.1) is 0 Å². The number of benzene rings is 1. The molecular formula is C18H23NO2. The SMILES string of the molecule is CN1C(=O)CCc2cc(C(O)C3C4CCCCC43)ccc21. The molecule has 4 rings (SSSR count). The van der Waals surface area contributed by atoms with E-state index < -0.39 is 0 Å². The summed E-state index contributed by atoms with van der Waals surface area (Å²) in [6.45, 7) is 0. The quantitative estimate of drug-likeness (QED) is 0.907. The highest BCUT2D eigenvalue weighted by Gasteiger charge is 2.54. The number of hydrogen-bond donors (Lipinski definition) is 1. The maximum atomic E-state index is 11.7. The van der Waals surface area contributed by atoms with Crippen molar-refractivity contribution in [1.82, 2.24) is 0 Å². The molecule has 3 nitrogen and oxygen atoms in total. The highest BCUT2D eigenvalue weighted by molar-refractivity contribution is 5.95. The van der Waals surface area contributed by atoms with Crippen LogP contribution in [0.3, 0.4) is 0 Å². The first-order valence-electron chi connectivity index (χ1n) is 8.24. The van der Waals surface area contributed by atoms with E-state index in [1.807, 2.05) is 19.2 Å². The predicted molar refractivity (Wildman–Crippen MR) is 82.1 cm³/mol. The van der Waals surface area contributed by atoms with E-state index >= 15 is 0 Å². The first-order valence-corrected chi connectivity index (χ1v) is 8.24. The van der Waals surface area contributed by atoms with Crippen molar-refractivity contribution in [2.24, 2.45) is 17.8 Å². The molecule has 2 fully saturated rings. The van der Waals surface area contributed by atoms with Crippen LogP contribution in [0.25, 0.3) is 0 Å². The molecule has 1 aromatic carbocycles. The molecule has 0 saturated heterocycles. The van der Waals surface area contributed by atoms with E-state index in [2.05, 4.69) is 6.07 Å². The standard InChI is InChI=1S/C18H23NO2/c1-19-15-8-6-12(10-11(15)7-9-16(19)20)18(21)17-13-4-2-3-5-14(13)17/h6,8,10,13-14,17-18,21H,2-5,7,9H2,1H3. The van der Waals surface area contributed by atoms with Crippen LogP contribution in [0.15, 0.2) is 18.2 Å². The zero-order valence-corrected chi connectivity index (χ0v) is 12.6. The van der Waals surface area contributed by atoms with Gasteiger partial charge in [0.2, 0.25) is 5.91 Å². The molecule has 0 spiro atoms. The maximum Gasteiger partial charge on any atom is 0.227 e. The number of anilines is 1. The number of carbonyl (C=O) groups is 1. The third-order valence-corrected chi connectivity index (χ3v) is 5.88. The second-order valence-corrected chi connectivity index (χ2v) is 6.98. The second-order valence-electron chi connectivity index (χ2n) is 6.98. The second kappa shape index (κ2) is 4.84. The molecular weight excluding hydrogens is 262 g/mol. The summed E-state index contributed by atoms with van der Waals surface area (Å²) in [5.41, 5.74) is 3.27. The van der Waals surface area contributed by atoms with Gasteiger partial charge in [0.25, 0.3) is 0 Å². The van der Waals surface area contributed by atoms with Crippen LogP contribution in [-0.4, -0.2) is 18.1 Å². The molecule has 0 radical (unpaired) electrons. The predicted octanol–water partition coefficient (Wildman–Crippen LogP) is 3.07. The Bertz CT molecular complexity index is 571. The minimum absolute atomic E-state index is 0.184. The number of amides is 1. The van der Waals surface area contributed by atoms with Crippen molar-refractivity contribution in [2.75, 3.05) is 11.9 Å². The van der Waals surface area contributed by atoms with Gasteiger partial charge in [-0.05, 0) is 54.2 Å². The molecule has 1 aromatic rings. The Morgan fingerprint density at radius 1 is 1.19 bits per heavy atom. The average Bonchev–Trinajstić information content (AvgIpc) is 3.24. The fourth-order valence-corrected chi connectivity index (χ4v) is 4.60. The molecule has 3 unspecified atom stereocenters. The van der Waals surface area contributed by atoms with E-state index in [0.29, 0.717) is 12.3 Å². The van der Waals surface area contributed by atoms with Gasteiger partial charge >= 0.3 is 0 Å². The number of aliphatic hydroxyl groups is 1. The van der Waals surface area contributed by atoms with E-state index in [1.165, 1.54) is 31.2 Å². The van der Waals surface area contributed by atoms with E-state index in [0.717, 1.165) is 29.5 Å². The summed E-state index contributed by atoms with van der Waals surface area (Å²) in [7, 11) is 1.84. The van der Waals surface area contributed by atoms with Crippen LogP contribution in [-0.2, 0) is 11.2 Å². The summed E-state index contributed by atoms with van der Waals surface area (Å²) in [6, 6.07) is 6.16. The van der Waals surface area contributed by atoms with Gasteiger partial charge in [-0.1, -0.05) is 25.0 Å². The fourth-order valence-electron chi connectivity index (χ4n) is 4.60. The van der Waals surface area contributed by atoms with Crippen molar-refractivity contribution in [2.45, 2.75) is 44.6 Å². The number of rotatable bonds is 2. The van der Waals surface area contributed by atoms with Crippen LogP contribution in [0.5, 0.6) is 0 Å². The Kier molecular flexibility index (Phi) is 3.07. The van der Waals surface area contributed by atoms with Gasteiger partial charge in [-0.2, -0.15) is 0 Å². The summed E-state index contributed by atoms with van der Waals surface area (Å²) in [5.74, 6) is 2.18. The van der Waals surface area contributed by atoms with Gasteiger partial charge in [-0.25, -0.2) is 0 Å². The molecule has 3 atom stereocenters. The van der Waals surface area contributed by atoms with Crippen molar-refractivity contribution in [3.8, 4) is 0 Å². The fraction of sp³-hybridized carbons (Fsp3) is 0.611. The van der Waals surface area contributed by atoms with E-state index in [9.17, 15) is 9.90 Å². The lowest BCUT2D eigenvalue weighted by molar-refractivity contribution is -0.118. The van der Waals surface area contributed by atoms with Gasteiger partial charge in [0, 0.05) is 19.2 Å². The Morgan fingerprint density at radius 3 is 2.62 bits per heavy atom. The van der Waals surface area contributed by atoms with Gasteiger partial charge in [0.1, 0.15) is 0 Å². The number of aryl methyl sites for hydroxylation is 1. The van der Waals surface area contributed by atoms with Crippen molar-refractivity contribution in [3.63, 3.8) is 0 Å². The van der Waals surface area contributed by atoms with Crippen molar-refractivity contribution in [3.05, 3.63) is 29.3 Å². The molecule has 2 aliphatic carbocycles. The summed E-state index contributed by atoms with van der Waals surface area (Å²) in [4.78, 5) is 13.5. The first kappa shape index (κ1) is 13.3. The van der Waals surface area contributed by atoms with Gasteiger partial charge < -0.3 is 10.0 Å². The van der Waals surface area contributed by atoms with Gasteiger partial charge in [0.05, 0.1) is 6.10 Å². The first-order chi connectivity index (χ1) is 10.2. The number of carbonyl (C=O) groups excluding carboxylic acids is 1. The third-order valence-electron chi connectivity index (χ3n) is 5.88. The summed E-state index contributed by atoms with van der Waals surface area (Å²) >= 11 is 0. The highest BCUT2D eigenvalue weighted by atomic mass is 16.3. The lowest BCUT2D eigenvalue weighted by atomic mass is 9.95. The molecule has 21 heavy (non-hydrogen) atoms. The molecule has 3 aliphatic rings. The summed E-state index contributed by atoms with van der Waals surface area (Å²) < 4.78 is 0. The molecule has 3 heteroatoms. The summed E-state index contributed by atoms with van der Waals surface area (Å²) in [5, 5.41) is 10.7. The number of hydrogen-bond acceptors (Lipinski definition) is 2. The van der Waals surface area contributed by atoms with Gasteiger partial charge in [-0.3, -0.25) is 4.79 Å². The van der Waals surface area contributed by atoms with Crippen LogP contribution < -0.4 is 4.90 Å². The Balaban J connectivity index is 1.58. The van der Waals surface area contributed by atoms with Crippen LogP contribution in [0.1, 0.15) is 49.3 Å². The van der Waals surface area contributed by atoms with E-state index in [-0.39, 0.29) is 12.0 Å². The number of fused-ring (bicyclic) bond motifs is 2. The monoisotopic (exact) mass is 285 g/mol. The zero-order valence-electron chi connectivity index (χ0n) is 12.6. The Morgan fingerprint density at radius 2 is 1.90 bits per heavy atom. The summed E-state index contributed by atoms with van der Waals surface area (Å²) in [6.07, 6.45) is 6.34. The smallest absolute Gasteiger partial charge is 0.227 e. The zero-order chi connectivity index (χ0) is 14.6. The van der Waals surface area contributed by atoms with Crippen molar-refractivity contribution >= 4 is 11.6 Å². The van der Waals surface area contributed by atoms with Crippen LogP contribution in [0, 0.1) is 17.8 Å². The van der Waals surface area contributed by atoms with Crippen LogP contribution in [0.2, 0.25) is 0 Å². The molecule has 2 saturated carbocycles. The average molecular weight is 285 g/mol. The van der Waals surface area contributed by atoms with E-state index in [4.69, 9.17) is 0 Å². The minimum Gasteiger partial charge on any atom is -0.388 e. The van der Waals surface area contributed by atoms with Crippen molar-refractivity contribution in [1.29, 1.82) is 0 Å². The molecule has 0 aromatic heterocycles. The van der Waals surface area contributed by atoms with Crippen LogP contribution >= 0.6 is 0 Å². The molecule has 0 bridgehead atoms. The molecule has 1 N–H and O–H groups in total. The van der Waals surface area contributed by atoms with Crippen molar-refractivity contribution < 1.29 is 9.90 Å². The van der Waals surface area contributed by atoms with Gasteiger partial charge in [0.15, 0.2) is 0 Å². The molecule has 1 amide bonds. The molecule has 1 aliphatic heterocycles. The van der Waals surface area contributed by atoms with Crippen LogP contribution in [0.4, 0.5) is 5.69 Å². The third kappa shape index (κ3) is 2.10. The minimum atomic E-state index is -0.314. The largest absolute Gasteiger partial charge is 0.388 e. The number of nitrogens with zero attached hydrogens (tertiary/aromatic N) is 1. The lowest BCUT2D eigenvalue weighted by Crippen LogP contribution is -2.31. The number of aliphatic hydroxyl groups excluding tert-OH is 1. The maximum absolute atomic E-state index is 11.7. The lowest BCUT2D eigenvalue weighted by Gasteiger charge is -2.26. The molecule has 112 valence electrons. The normalized spacial score (nSPS) is 32.4. The topological polar surface area (TPSA) is 40.5 Å². The van der Waals surface area contributed by atoms with E-state index in [1.54, 1.807) is 4.90 Å². The highest BCUT2D eigenvalue weighted by Crippen LogP contribution is 2.60. The molecule has 1 heterocycles. The Labute approximate surface area is 126 Å².